The number of quaternary nitrogens is 1. The van der Waals surface area contributed by atoms with E-state index < -0.39 is 10.0 Å². The standard InChI is InChI=1S/C12H16Cl2N2O2S/c1-15-6-3-7-16(9-8-15)19(17,18)11-5-2-4-10(13)12(11)14/h2,4-5H,3,6-9H2,1H3/p+1. The summed E-state index contributed by atoms with van der Waals surface area (Å²) in [6.07, 6.45) is 0.850. The summed E-state index contributed by atoms with van der Waals surface area (Å²) in [5, 5.41) is 0.370. The highest BCUT2D eigenvalue weighted by molar-refractivity contribution is 7.89. The van der Waals surface area contributed by atoms with Crippen LogP contribution in [-0.2, 0) is 10.0 Å². The molecule has 1 N–H and O–H groups in total. The first kappa shape index (κ1) is 15.1. The third-order valence-electron chi connectivity index (χ3n) is 3.33. The van der Waals surface area contributed by atoms with Gasteiger partial charge in [-0.1, -0.05) is 29.3 Å². The Morgan fingerprint density at radius 3 is 2.68 bits per heavy atom. The molecule has 106 valence electrons. The van der Waals surface area contributed by atoms with Gasteiger partial charge < -0.3 is 4.90 Å². The summed E-state index contributed by atoms with van der Waals surface area (Å²) in [6, 6.07) is 4.70. The van der Waals surface area contributed by atoms with Gasteiger partial charge in [0.2, 0.25) is 10.0 Å². The van der Waals surface area contributed by atoms with Gasteiger partial charge >= 0.3 is 0 Å². The first-order valence-corrected chi connectivity index (χ1v) is 8.38. The van der Waals surface area contributed by atoms with Crippen LogP contribution in [0.2, 0.25) is 10.0 Å². The van der Waals surface area contributed by atoms with Crippen molar-refractivity contribution in [3.63, 3.8) is 0 Å². The second kappa shape index (κ2) is 5.97. The molecule has 0 saturated carbocycles. The van der Waals surface area contributed by atoms with Crippen LogP contribution in [0.5, 0.6) is 0 Å². The normalized spacial score (nSPS) is 22.2. The molecule has 19 heavy (non-hydrogen) atoms. The molecule has 1 atom stereocenters. The molecule has 0 bridgehead atoms. The molecule has 1 aromatic rings. The predicted octanol–water partition coefficient (Wildman–Crippen LogP) is 0.903. The summed E-state index contributed by atoms with van der Waals surface area (Å²) in [5.74, 6) is 0. The molecule has 7 heteroatoms. The zero-order valence-electron chi connectivity index (χ0n) is 10.7. The van der Waals surface area contributed by atoms with Gasteiger partial charge in [0.25, 0.3) is 0 Å². The van der Waals surface area contributed by atoms with Crippen LogP contribution in [0.25, 0.3) is 0 Å². The third-order valence-corrected chi connectivity index (χ3v) is 6.20. The molecule has 1 aliphatic rings. The maximum Gasteiger partial charge on any atom is 0.244 e. The van der Waals surface area contributed by atoms with Crippen molar-refractivity contribution in [3.05, 3.63) is 28.2 Å². The van der Waals surface area contributed by atoms with Crippen molar-refractivity contribution in [1.82, 2.24) is 4.31 Å². The van der Waals surface area contributed by atoms with E-state index in [1.165, 1.54) is 15.3 Å². The molecule has 0 amide bonds. The van der Waals surface area contributed by atoms with E-state index in [-0.39, 0.29) is 14.9 Å². The van der Waals surface area contributed by atoms with Gasteiger partial charge in [-0.25, -0.2) is 8.42 Å². The Labute approximate surface area is 124 Å². The Bertz CT molecular complexity index is 563. The number of halogens is 2. The summed E-state index contributed by atoms with van der Waals surface area (Å²) in [4.78, 5) is 1.44. The van der Waals surface area contributed by atoms with Crippen molar-refractivity contribution in [2.45, 2.75) is 11.3 Å². The molecule has 0 aliphatic carbocycles. The van der Waals surface area contributed by atoms with Crippen molar-refractivity contribution < 1.29 is 13.3 Å². The number of likely N-dealkylation sites (N-methyl/N-ethyl adjacent to an activating group) is 1. The minimum absolute atomic E-state index is 0.0984. The van der Waals surface area contributed by atoms with Gasteiger partial charge in [0.15, 0.2) is 0 Å². The van der Waals surface area contributed by atoms with Gasteiger partial charge in [0, 0.05) is 13.0 Å². The van der Waals surface area contributed by atoms with Crippen LogP contribution in [0.4, 0.5) is 0 Å². The fourth-order valence-corrected chi connectivity index (χ4v) is 4.39. The van der Waals surface area contributed by atoms with Gasteiger partial charge in [-0.15, -0.1) is 0 Å². The van der Waals surface area contributed by atoms with Crippen LogP contribution in [0.3, 0.4) is 0 Å². The van der Waals surface area contributed by atoms with Crippen molar-refractivity contribution in [2.75, 3.05) is 33.2 Å². The number of nitrogens with zero attached hydrogens (tertiary/aromatic N) is 1. The zero-order chi connectivity index (χ0) is 14.0. The molecule has 1 saturated heterocycles. The Hall–Kier alpha value is -0.330. The average molecular weight is 324 g/mol. The largest absolute Gasteiger partial charge is 0.336 e. The molecule has 0 radical (unpaired) electrons. The molecule has 1 aliphatic heterocycles. The molecule has 4 nitrogen and oxygen atoms in total. The number of nitrogens with one attached hydrogen (secondary N) is 1. The minimum Gasteiger partial charge on any atom is -0.336 e. The van der Waals surface area contributed by atoms with Gasteiger partial charge in [-0.3, -0.25) is 0 Å². The Morgan fingerprint density at radius 2 is 1.95 bits per heavy atom. The topological polar surface area (TPSA) is 41.8 Å². The lowest BCUT2D eigenvalue weighted by atomic mass is 10.4. The second-order valence-electron chi connectivity index (χ2n) is 4.77. The number of benzene rings is 1. The average Bonchev–Trinajstić information content (AvgIpc) is 2.57. The molecule has 1 unspecified atom stereocenters. The molecule has 2 rings (SSSR count). The van der Waals surface area contributed by atoms with E-state index >= 15 is 0 Å². The predicted molar refractivity (Wildman–Crippen MR) is 76.5 cm³/mol. The van der Waals surface area contributed by atoms with E-state index in [0.717, 1.165) is 19.5 Å². The van der Waals surface area contributed by atoms with Gasteiger partial charge in [0.05, 0.1) is 36.7 Å². The summed E-state index contributed by atoms with van der Waals surface area (Å²) in [6.45, 7) is 2.83. The maximum absolute atomic E-state index is 12.6. The van der Waals surface area contributed by atoms with Gasteiger partial charge in [-0.05, 0) is 12.1 Å². The van der Waals surface area contributed by atoms with Crippen LogP contribution < -0.4 is 4.90 Å². The minimum atomic E-state index is -3.56. The summed E-state index contributed by atoms with van der Waals surface area (Å²) < 4.78 is 26.7. The lowest BCUT2D eigenvalue weighted by molar-refractivity contribution is -0.877. The van der Waals surface area contributed by atoms with Crippen molar-refractivity contribution >= 4 is 33.2 Å². The first-order chi connectivity index (χ1) is 8.93. The van der Waals surface area contributed by atoms with E-state index in [1.54, 1.807) is 12.1 Å². The smallest absolute Gasteiger partial charge is 0.244 e. The summed E-state index contributed by atoms with van der Waals surface area (Å²) in [7, 11) is -1.49. The molecule has 1 heterocycles. The summed E-state index contributed by atoms with van der Waals surface area (Å²) in [5.41, 5.74) is 0. The third kappa shape index (κ3) is 3.23. The van der Waals surface area contributed by atoms with Crippen LogP contribution in [-0.4, -0.2) is 45.9 Å². The second-order valence-corrected chi connectivity index (χ2v) is 7.46. The number of hydrogen-bond donors (Lipinski definition) is 1. The van der Waals surface area contributed by atoms with E-state index in [1.807, 2.05) is 0 Å². The van der Waals surface area contributed by atoms with E-state index in [4.69, 9.17) is 23.2 Å². The van der Waals surface area contributed by atoms with E-state index in [0.29, 0.717) is 13.1 Å². The lowest BCUT2D eigenvalue weighted by Crippen LogP contribution is -3.09. The van der Waals surface area contributed by atoms with Gasteiger partial charge in [-0.2, -0.15) is 4.31 Å². The van der Waals surface area contributed by atoms with Crippen LogP contribution in [0, 0.1) is 0 Å². The Morgan fingerprint density at radius 1 is 1.21 bits per heavy atom. The molecular formula is C12H17Cl2N2O2S+. The molecule has 0 spiro atoms. The van der Waals surface area contributed by atoms with E-state index in [2.05, 4.69) is 7.05 Å². The van der Waals surface area contributed by atoms with Crippen molar-refractivity contribution in [3.8, 4) is 0 Å². The van der Waals surface area contributed by atoms with Crippen molar-refractivity contribution in [2.24, 2.45) is 0 Å². The Balaban J connectivity index is 2.34. The number of sulfonamides is 1. The first-order valence-electron chi connectivity index (χ1n) is 6.18. The SMILES string of the molecule is C[NH+]1CCCN(S(=O)(=O)c2cccc(Cl)c2Cl)CC1. The quantitative estimate of drug-likeness (QED) is 0.878. The number of rotatable bonds is 2. The van der Waals surface area contributed by atoms with Crippen LogP contribution in [0.1, 0.15) is 6.42 Å². The molecular weight excluding hydrogens is 307 g/mol. The molecule has 0 aromatic heterocycles. The highest BCUT2D eigenvalue weighted by atomic mass is 35.5. The van der Waals surface area contributed by atoms with Gasteiger partial charge in [0.1, 0.15) is 4.90 Å². The Kier molecular flexibility index (Phi) is 4.74. The maximum atomic E-state index is 12.6. The highest BCUT2D eigenvalue weighted by Gasteiger charge is 2.29. The lowest BCUT2D eigenvalue weighted by Gasteiger charge is -2.20. The van der Waals surface area contributed by atoms with Crippen molar-refractivity contribution in [1.29, 1.82) is 0 Å². The van der Waals surface area contributed by atoms with Crippen LogP contribution in [0.15, 0.2) is 23.1 Å². The molecule has 1 aromatic carbocycles. The zero-order valence-corrected chi connectivity index (χ0v) is 13.0. The highest BCUT2D eigenvalue weighted by Crippen LogP contribution is 2.30. The molecule has 1 fully saturated rings. The fraction of sp³-hybridized carbons (Fsp3) is 0.500. The fourth-order valence-electron chi connectivity index (χ4n) is 2.17. The number of hydrogen-bond acceptors (Lipinski definition) is 2. The monoisotopic (exact) mass is 323 g/mol. The summed E-state index contributed by atoms with van der Waals surface area (Å²) >= 11 is 11.9. The van der Waals surface area contributed by atoms with E-state index in [9.17, 15) is 8.42 Å². The van der Waals surface area contributed by atoms with Crippen LogP contribution >= 0.6 is 23.2 Å².